The summed E-state index contributed by atoms with van der Waals surface area (Å²) in [5.41, 5.74) is 12.1. The molecule has 1 saturated carbocycles. The zero-order valence-electron chi connectivity index (χ0n) is 8.51. The van der Waals surface area contributed by atoms with Crippen molar-refractivity contribution in [1.82, 2.24) is 0 Å². The molecule has 2 heteroatoms. The summed E-state index contributed by atoms with van der Waals surface area (Å²) >= 11 is 0. The smallest absolute Gasteiger partial charge is 0.0140 e. The van der Waals surface area contributed by atoms with Gasteiger partial charge in [-0.05, 0) is 38.0 Å². The predicted molar refractivity (Wildman–Crippen MR) is 52.7 cm³/mol. The summed E-state index contributed by atoms with van der Waals surface area (Å²) in [5, 5.41) is 0. The molecule has 4 N–H and O–H groups in total. The Bertz CT molecular complexity index is 152. The average molecular weight is 170 g/mol. The summed E-state index contributed by atoms with van der Waals surface area (Å²) in [6.07, 6.45) is 3.31. The second kappa shape index (κ2) is 3.35. The van der Waals surface area contributed by atoms with E-state index in [1.165, 1.54) is 6.42 Å². The number of rotatable bonds is 1. The first-order valence-corrected chi connectivity index (χ1v) is 4.97. The summed E-state index contributed by atoms with van der Waals surface area (Å²) in [4.78, 5) is 0. The van der Waals surface area contributed by atoms with Crippen molar-refractivity contribution < 1.29 is 0 Å². The summed E-state index contributed by atoms with van der Waals surface area (Å²) in [6.45, 7) is 6.62. The Balaban J connectivity index is 2.54. The minimum absolute atomic E-state index is 0.00912. The van der Waals surface area contributed by atoms with Gasteiger partial charge in [0.15, 0.2) is 0 Å². The fraction of sp³-hybridized carbons (Fsp3) is 1.00. The highest BCUT2D eigenvalue weighted by molar-refractivity contribution is 4.93. The van der Waals surface area contributed by atoms with Gasteiger partial charge in [0.05, 0.1) is 0 Å². The van der Waals surface area contributed by atoms with Crippen molar-refractivity contribution in [2.24, 2.45) is 23.3 Å². The van der Waals surface area contributed by atoms with E-state index in [-0.39, 0.29) is 5.54 Å². The topological polar surface area (TPSA) is 52.0 Å². The normalized spacial score (nSPS) is 43.5. The highest BCUT2D eigenvalue weighted by Gasteiger charge is 2.34. The zero-order chi connectivity index (χ0) is 9.35. The molecule has 3 atom stereocenters. The van der Waals surface area contributed by atoms with Crippen LogP contribution in [0.15, 0.2) is 0 Å². The van der Waals surface area contributed by atoms with Gasteiger partial charge in [-0.1, -0.05) is 13.8 Å². The molecule has 1 aliphatic carbocycles. The van der Waals surface area contributed by atoms with Crippen LogP contribution in [0.5, 0.6) is 0 Å². The van der Waals surface area contributed by atoms with Crippen LogP contribution >= 0.6 is 0 Å². The van der Waals surface area contributed by atoms with Crippen LogP contribution in [-0.4, -0.2) is 11.6 Å². The van der Waals surface area contributed by atoms with Crippen molar-refractivity contribution in [3.63, 3.8) is 0 Å². The molecule has 12 heavy (non-hydrogen) atoms. The van der Waals surface area contributed by atoms with Crippen LogP contribution in [-0.2, 0) is 0 Å². The second-order valence-electron chi connectivity index (χ2n) is 4.97. The third-order valence-corrected chi connectivity index (χ3v) is 3.16. The van der Waals surface area contributed by atoms with Gasteiger partial charge in [0.1, 0.15) is 0 Å². The Morgan fingerprint density at radius 2 is 2.00 bits per heavy atom. The van der Waals surface area contributed by atoms with E-state index >= 15 is 0 Å². The quantitative estimate of drug-likeness (QED) is 0.626. The molecular weight excluding hydrogens is 148 g/mol. The van der Waals surface area contributed by atoms with Crippen LogP contribution in [0.3, 0.4) is 0 Å². The first kappa shape index (κ1) is 10.0. The molecule has 0 aromatic heterocycles. The molecule has 1 aliphatic rings. The highest BCUT2D eigenvalue weighted by Crippen LogP contribution is 2.33. The minimum Gasteiger partial charge on any atom is -0.327 e. The number of hydrogen-bond donors (Lipinski definition) is 2. The maximum atomic E-state index is 6.08. The monoisotopic (exact) mass is 170 g/mol. The summed E-state index contributed by atoms with van der Waals surface area (Å²) in [6, 6.07) is 0.314. The van der Waals surface area contributed by atoms with Crippen LogP contribution in [0.4, 0.5) is 0 Å². The van der Waals surface area contributed by atoms with E-state index < -0.39 is 0 Å². The molecule has 0 saturated heterocycles. The van der Waals surface area contributed by atoms with Crippen molar-refractivity contribution in [3.8, 4) is 0 Å². The van der Waals surface area contributed by atoms with E-state index in [1.54, 1.807) is 0 Å². The van der Waals surface area contributed by atoms with Crippen LogP contribution in [0.25, 0.3) is 0 Å². The van der Waals surface area contributed by atoms with Crippen LogP contribution < -0.4 is 11.5 Å². The van der Waals surface area contributed by atoms with Gasteiger partial charge in [-0.2, -0.15) is 0 Å². The van der Waals surface area contributed by atoms with Crippen molar-refractivity contribution in [2.75, 3.05) is 0 Å². The van der Waals surface area contributed by atoms with Gasteiger partial charge in [0.2, 0.25) is 0 Å². The molecule has 0 aliphatic heterocycles. The lowest BCUT2D eigenvalue weighted by molar-refractivity contribution is 0.177. The Kier molecular flexibility index (Phi) is 2.79. The van der Waals surface area contributed by atoms with E-state index in [1.807, 2.05) is 0 Å². The maximum Gasteiger partial charge on any atom is 0.0140 e. The summed E-state index contributed by atoms with van der Waals surface area (Å²) in [5.74, 6) is 1.39. The first-order valence-electron chi connectivity index (χ1n) is 4.97. The SMILES string of the molecule is CC(C)C1CCC(C)(N)CC1N. The Morgan fingerprint density at radius 3 is 2.42 bits per heavy atom. The first-order chi connectivity index (χ1) is 5.42. The van der Waals surface area contributed by atoms with Gasteiger partial charge in [-0.25, -0.2) is 0 Å². The maximum absolute atomic E-state index is 6.08. The van der Waals surface area contributed by atoms with Gasteiger partial charge in [-0.15, -0.1) is 0 Å². The van der Waals surface area contributed by atoms with Crippen LogP contribution in [0, 0.1) is 11.8 Å². The third kappa shape index (κ3) is 2.20. The van der Waals surface area contributed by atoms with Gasteiger partial charge in [0.25, 0.3) is 0 Å². The molecular formula is C10H22N2. The molecule has 1 fully saturated rings. The van der Waals surface area contributed by atoms with Crippen molar-refractivity contribution in [3.05, 3.63) is 0 Å². The molecule has 0 heterocycles. The highest BCUT2D eigenvalue weighted by atomic mass is 14.8. The molecule has 3 unspecified atom stereocenters. The van der Waals surface area contributed by atoms with Crippen molar-refractivity contribution in [2.45, 2.75) is 51.6 Å². The van der Waals surface area contributed by atoms with E-state index in [0.29, 0.717) is 17.9 Å². The Hall–Kier alpha value is -0.0800. The van der Waals surface area contributed by atoms with Gasteiger partial charge >= 0.3 is 0 Å². The molecule has 0 spiro atoms. The fourth-order valence-corrected chi connectivity index (χ4v) is 2.33. The molecule has 0 radical (unpaired) electrons. The fourth-order valence-electron chi connectivity index (χ4n) is 2.33. The number of nitrogens with two attached hydrogens (primary N) is 2. The van der Waals surface area contributed by atoms with Crippen LogP contribution in [0.1, 0.15) is 40.0 Å². The molecule has 2 nitrogen and oxygen atoms in total. The zero-order valence-corrected chi connectivity index (χ0v) is 8.51. The van der Waals surface area contributed by atoms with Crippen molar-refractivity contribution >= 4 is 0 Å². The molecule has 1 rings (SSSR count). The Labute approximate surface area is 75.7 Å². The Morgan fingerprint density at radius 1 is 1.42 bits per heavy atom. The van der Waals surface area contributed by atoms with Crippen LogP contribution in [0.2, 0.25) is 0 Å². The van der Waals surface area contributed by atoms with E-state index in [9.17, 15) is 0 Å². The molecule has 0 amide bonds. The summed E-state index contributed by atoms with van der Waals surface area (Å²) in [7, 11) is 0. The second-order valence-corrected chi connectivity index (χ2v) is 4.97. The molecule has 72 valence electrons. The molecule has 0 aromatic rings. The molecule has 0 aromatic carbocycles. The lowest BCUT2D eigenvalue weighted by Gasteiger charge is -2.40. The standard InChI is InChI=1S/C10H22N2/c1-7(2)8-4-5-10(3,12)6-9(8)11/h7-9H,4-6,11-12H2,1-3H3. The van der Waals surface area contributed by atoms with E-state index in [0.717, 1.165) is 12.8 Å². The van der Waals surface area contributed by atoms with Crippen molar-refractivity contribution in [1.29, 1.82) is 0 Å². The van der Waals surface area contributed by atoms with Gasteiger partial charge in [0, 0.05) is 11.6 Å². The largest absolute Gasteiger partial charge is 0.327 e. The van der Waals surface area contributed by atoms with Gasteiger partial charge in [-0.3, -0.25) is 0 Å². The summed E-state index contributed by atoms with van der Waals surface area (Å²) < 4.78 is 0. The molecule has 0 bridgehead atoms. The average Bonchev–Trinajstić information content (AvgIpc) is 1.83. The van der Waals surface area contributed by atoms with Gasteiger partial charge < -0.3 is 11.5 Å². The minimum atomic E-state index is -0.00912. The predicted octanol–water partition coefficient (Wildman–Crippen LogP) is 1.49. The lowest BCUT2D eigenvalue weighted by Crippen LogP contribution is -2.50. The number of hydrogen-bond acceptors (Lipinski definition) is 2. The van der Waals surface area contributed by atoms with E-state index in [4.69, 9.17) is 11.5 Å². The third-order valence-electron chi connectivity index (χ3n) is 3.16. The lowest BCUT2D eigenvalue weighted by atomic mass is 9.71. The van der Waals surface area contributed by atoms with E-state index in [2.05, 4.69) is 20.8 Å².